The van der Waals surface area contributed by atoms with Crippen molar-refractivity contribution in [2.24, 2.45) is 17.8 Å². The van der Waals surface area contributed by atoms with Crippen LogP contribution in [0.2, 0.25) is 0 Å². The number of imide groups is 2. The number of phenols is 1. The molecule has 2 saturated heterocycles. The highest BCUT2D eigenvalue weighted by Crippen LogP contribution is 2.67. The van der Waals surface area contributed by atoms with Crippen molar-refractivity contribution in [2.75, 3.05) is 26.2 Å². The van der Waals surface area contributed by atoms with Crippen LogP contribution in [0.4, 0.5) is 0 Å². The van der Waals surface area contributed by atoms with Crippen LogP contribution in [0.25, 0.3) is 0 Å². The van der Waals surface area contributed by atoms with E-state index in [0.29, 0.717) is 11.1 Å². The van der Waals surface area contributed by atoms with Crippen LogP contribution in [0.3, 0.4) is 0 Å². The van der Waals surface area contributed by atoms with E-state index in [4.69, 9.17) is 32.7 Å². The van der Waals surface area contributed by atoms with Gasteiger partial charge in [0.1, 0.15) is 17.2 Å². The van der Waals surface area contributed by atoms with Crippen LogP contribution in [0, 0.1) is 17.8 Å². The van der Waals surface area contributed by atoms with E-state index in [1.165, 1.54) is 31.3 Å². The maximum Gasteiger partial charge on any atom is 0.254 e. The zero-order valence-corrected chi connectivity index (χ0v) is 23.4. The van der Waals surface area contributed by atoms with Crippen LogP contribution in [-0.4, -0.2) is 74.5 Å². The van der Waals surface area contributed by atoms with Gasteiger partial charge in [-0.2, -0.15) is 0 Å². The van der Waals surface area contributed by atoms with E-state index in [0.717, 1.165) is 4.90 Å². The van der Waals surface area contributed by atoms with Gasteiger partial charge in [0.15, 0.2) is 9.75 Å². The Morgan fingerprint density at radius 3 is 2.19 bits per heavy atom. The number of halogens is 3. The number of allylic oxidation sites excluding steroid dienone is 2. The maximum absolute atomic E-state index is 13.8. The third-order valence-electron chi connectivity index (χ3n) is 8.24. The first kappa shape index (κ1) is 26.3. The molecular weight excluding hydrogens is 591 g/mol. The number of likely N-dealkylation sites (tertiary alicyclic amines) is 2. The quantitative estimate of drug-likeness (QED) is 0.234. The van der Waals surface area contributed by atoms with Gasteiger partial charge in [-0.1, -0.05) is 27.6 Å². The van der Waals surface area contributed by atoms with Gasteiger partial charge in [0.25, 0.3) is 11.8 Å². The zero-order chi connectivity index (χ0) is 27.0. The van der Waals surface area contributed by atoms with Gasteiger partial charge in [-0.3, -0.25) is 29.0 Å². The number of benzene rings is 1. The van der Waals surface area contributed by atoms with E-state index >= 15 is 0 Å². The summed E-state index contributed by atoms with van der Waals surface area (Å²) >= 11 is 17.6. The Morgan fingerprint density at radius 1 is 1.03 bits per heavy atom. The smallest absolute Gasteiger partial charge is 0.254 e. The lowest BCUT2D eigenvalue weighted by molar-refractivity contribution is -0.141. The second-order valence-electron chi connectivity index (χ2n) is 9.67. The first-order chi connectivity index (χ1) is 17.5. The second-order valence-corrected chi connectivity index (χ2v) is 11.4. The van der Waals surface area contributed by atoms with Crippen molar-refractivity contribution in [2.45, 2.75) is 35.4 Å². The summed E-state index contributed by atoms with van der Waals surface area (Å²) in [6.45, 7) is 1.97. The fraction of sp³-hybridized carbons (Fsp3) is 0.520. The highest BCUT2D eigenvalue weighted by molar-refractivity contribution is 9.09. The molecule has 1 N–H and O–H groups in total. The maximum atomic E-state index is 13.8. The molecule has 9 nitrogen and oxygen atoms in total. The number of hydrogen-bond acceptors (Lipinski definition) is 7. The lowest BCUT2D eigenvalue weighted by Gasteiger charge is -2.51. The van der Waals surface area contributed by atoms with Crippen LogP contribution >= 0.6 is 39.1 Å². The van der Waals surface area contributed by atoms with E-state index in [-0.39, 0.29) is 53.9 Å². The molecule has 4 amide bonds. The molecule has 4 aliphatic rings. The number of alkyl halides is 3. The lowest BCUT2D eigenvalue weighted by Crippen LogP contribution is -2.60. The van der Waals surface area contributed by atoms with E-state index < -0.39 is 45.2 Å². The largest absolute Gasteiger partial charge is 0.508 e. The molecular formula is C25H25BrCl2N2O7. The summed E-state index contributed by atoms with van der Waals surface area (Å²) in [5.41, 5.74) is 0.812. The Labute approximate surface area is 231 Å². The lowest BCUT2D eigenvalue weighted by atomic mass is 9.56. The van der Waals surface area contributed by atoms with Crippen LogP contribution < -0.4 is 9.47 Å². The number of rotatable bonds is 5. The molecule has 5 rings (SSSR count). The normalized spacial score (nSPS) is 34.8. The van der Waals surface area contributed by atoms with Crippen molar-refractivity contribution >= 4 is 62.8 Å². The number of methoxy groups -OCH3 is 2. The minimum absolute atomic E-state index is 0.102. The SMILES string of the molecule is CCN1C(=O)[C@H]2[C@H](CC=C3[C@H]2C[C@@]2(Cl)C(=O)N(CBr)C(=O)[C@@]2(Cl)[C@H]3c2c(OC)cc(O)cc2OC)C1=O. The molecule has 1 aromatic rings. The summed E-state index contributed by atoms with van der Waals surface area (Å²) in [6, 6.07) is 2.72. The molecule has 1 aromatic carbocycles. The summed E-state index contributed by atoms with van der Waals surface area (Å²) in [5.74, 6) is -4.80. The third kappa shape index (κ3) is 3.21. The van der Waals surface area contributed by atoms with E-state index in [1.54, 1.807) is 6.92 Å². The number of aromatic hydroxyl groups is 1. The number of nitrogens with zero attached hydrogens (tertiary/aromatic N) is 2. The van der Waals surface area contributed by atoms with Crippen molar-refractivity contribution in [1.82, 2.24) is 9.80 Å². The molecule has 2 heterocycles. The van der Waals surface area contributed by atoms with Gasteiger partial charge < -0.3 is 14.6 Å². The van der Waals surface area contributed by atoms with Gasteiger partial charge in [-0.25, -0.2) is 0 Å². The van der Waals surface area contributed by atoms with Gasteiger partial charge >= 0.3 is 0 Å². The molecule has 0 unspecified atom stereocenters. The summed E-state index contributed by atoms with van der Waals surface area (Å²) in [6.07, 6.45) is 2.00. The minimum Gasteiger partial charge on any atom is -0.508 e. The molecule has 37 heavy (non-hydrogen) atoms. The van der Waals surface area contributed by atoms with Crippen LogP contribution in [0.15, 0.2) is 23.8 Å². The third-order valence-corrected chi connectivity index (χ3v) is 10.2. The Morgan fingerprint density at radius 2 is 1.65 bits per heavy atom. The van der Waals surface area contributed by atoms with Crippen molar-refractivity contribution in [3.05, 3.63) is 29.3 Å². The number of phenolic OH excluding ortho intramolecular Hbond substituents is 1. The second kappa shape index (κ2) is 8.88. The minimum atomic E-state index is -2.00. The predicted octanol–water partition coefficient (Wildman–Crippen LogP) is 3.14. The summed E-state index contributed by atoms with van der Waals surface area (Å²) in [4.78, 5) is 52.3. The van der Waals surface area contributed by atoms with Crippen molar-refractivity contribution in [3.63, 3.8) is 0 Å². The van der Waals surface area contributed by atoms with Gasteiger partial charge in [0, 0.05) is 30.2 Å². The zero-order valence-electron chi connectivity index (χ0n) is 20.3. The predicted molar refractivity (Wildman–Crippen MR) is 137 cm³/mol. The van der Waals surface area contributed by atoms with E-state index in [9.17, 15) is 24.3 Å². The molecule has 0 radical (unpaired) electrons. The molecule has 198 valence electrons. The molecule has 3 fully saturated rings. The van der Waals surface area contributed by atoms with Crippen molar-refractivity contribution < 1.29 is 33.8 Å². The Hall–Kier alpha value is -2.30. The Kier molecular flexibility index (Phi) is 6.32. The van der Waals surface area contributed by atoms with E-state index in [2.05, 4.69) is 15.9 Å². The average molecular weight is 616 g/mol. The molecule has 2 aliphatic heterocycles. The average Bonchev–Trinajstić information content (AvgIpc) is 3.21. The van der Waals surface area contributed by atoms with E-state index in [1.807, 2.05) is 6.08 Å². The molecule has 6 atom stereocenters. The number of ether oxygens (including phenoxy) is 2. The molecule has 0 spiro atoms. The fourth-order valence-corrected chi connectivity index (χ4v) is 8.07. The number of hydrogen-bond donors (Lipinski definition) is 1. The van der Waals surface area contributed by atoms with Gasteiger partial charge in [-0.15, -0.1) is 23.2 Å². The molecule has 0 bridgehead atoms. The van der Waals surface area contributed by atoms with Crippen LogP contribution in [0.5, 0.6) is 17.2 Å². The van der Waals surface area contributed by atoms with Crippen LogP contribution in [-0.2, 0) is 19.2 Å². The van der Waals surface area contributed by atoms with Gasteiger partial charge in [0.05, 0.1) is 31.5 Å². The number of carbonyl (C=O) groups is 4. The van der Waals surface area contributed by atoms with Gasteiger partial charge in [0.2, 0.25) is 11.8 Å². The molecule has 0 aromatic heterocycles. The highest BCUT2D eigenvalue weighted by Gasteiger charge is 2.76. The summed E-state index contributed by atoms with van der Waals surface area (Å²) in [5, 5.41) is 10.3. The van der Waals surface area contributed by atoms with Gasteiger partial charge in [-0.05, 0) is 25.7 Å². The molecule has 1 saturated carbocycles. The van der Waals surface area contributed by atoms with Crippen LogP contribution in [0.1, 0.15) is 31.2 Å². The van der Waals surface area contributed by atoms with Crippen molar-refractivity contribution in [1.29, 1.82) is 0 Å². The molecule has 12 heteroatoms. The Bertz CT molecular complexity index is 1250. The number of amides is 4. The van der Waals surface area contributed by atoms with Crippen molar-refractivity contribution in [3.8, 4) is 17.2 Å². The monoisotopic (exact) mass is 614 g/mol. The number of fused-ring (bicyclic) bond motifs is 4. The summed E-state index contributed by atoms with van der Waals surface area (Å²) < 4.78 is 11.2. The first-order valence-corrected chi connectivity index (χ1v) is 13.7. The topological polar surface area (TPSA) is 113 Å². The Balaban J connectivity index is 1.81. The fourth-order valence-electron chi connectivity index (χ4n) is 6.66. The molecule has 2 aliphatic carbocycles. The standard InChI is InChI=1S/C25H25BrCl2N2O7/c1-4-29-20(32)13-6-5-12-14(17(13)21(29)33)9-24(27)22(34)30(10-26)23(35)25(24,28)19(12)18-15(36-2)7-11(31)8-16(18)37-3/h5,7-8,13-14,17,19,31H,4,6,9-10H2,1-3H3/t13-,14+,17-,19+,24+,25-/m0/s1. The first-order valence-electron chi connectivity index (χ1n) is 11.8. The summed E-state index contributed by atoms with van der Waals surface area (Å²) in [7, 11) is 2.78. The number of carbonyl (C=O) groups excluding carboxylic acids is 4. The highest BCUT2D eigenvalue weighted by atomic mass is 79.9.